The molecule has 0 fully saturated rings. The number of hydrogen-bond acceptors (Lipinski definition) is 5. The van der Waals surface area contributed by atoms with Gasteiger partial charge in [-0.25, -0.2) is 10.9 Å². The third kappa shape index (κ3) is 1.63. The smallest absolute Gasteiger partial charge is 0.142 e. The summed E-state index contributed by atoms with van der Waals surface area (Å²) in [5.41, 5.74) is 8.01. The molecule has 14 heavy (non-hydrogen) atoms. The molecular weight excluding hydrogens is 180 g/mol. The van der Waals surface area contributed by atoms with Crippen LogP contribution in [-0.2, 0) is 11.4 Å². The first-order valence-electron chi connectivity index (χ1n) is 4.12. The molecule has 0 unspecified atom stereocenters. The summed E-state index contributed by atoms with van der Waals surface area (Å²) in [7, 11) is 0. The zero-order valence-corrected chi connectivity index (χ0v) is 7.47. The molecule has 72 valence electrons. The lowest BCUT2D eigenvalue weighted by Crippen LogP contribution is -1.99. The van der Waals surface area contributed by atoms with Gasteiger partial charge in [0.25, 0.3) is 0 Å². The van der Waals surface area contributed by atoms with Crippen LogP contribution >= 0.6 is 0 Å². The standard InChI is InChI=1S/C9H10N4O/c10-9-4-12-8-3-6(5-14-11)1-2-7(8)13-9/h1-4H,5,11H2,(H2,10,13). The summed E-state index contributed by atoms with van der Waals surface area (Å²) < 4.78 is 0. The Morgan fingerprint density at radius 3 is 2.93 bits per heavy atom. The zero-order valence-electron chi connectivity index (χ0n) is 7.47. The molecular formula is C9H10N4O. The second kappa shape index (κ2) is 3.57. The third-order valence-electron chi connectivity index (χ3n) is 1.88. The molecule has 0 saturated heterocycles. The molecule has 0 aliphatic rings. The van der Waals surface area contributed by atoms with Crippen LogP contribution in [0.4, 0.5) is 5.82 Å². The summed E-state index contributed by atoms with van der Waals surface area (Å²) in [4.78, 5) is 12.8. The maximum Gasteiger partial charge on any atom is 0.142 e. The topological polar surface area (TPSA) is 87.0 Å². The first-order chi connectivity index (χ1) is 6.79. The van der Waals surface area contributed by atoms with Crippen LogP contribution in [0.3, 0.4) is 0 Å². The summed E-state index contributed by atoms with van der Waals surface area (Å²) >= 11 is 0. The van der Waals surface area contributed by atoms with Gasteiger partial charge in [-0.2, -0.15) is 0 Å². The van der Waals surface area contributed by atoms with Gasteiger partial charge in [0.05, 0.1) is 23.8 Å². The minimum absolute atomic E-state index is 0.363. The number of anilines is 1. The van der Waals surface area contributed by atoms with Crippen LogP contribution in [-0.4, -0.2) is 9.97 Å². The van der Waals surface area contributed by atoms with Gasteiger partial charge in [-0.3, -0.25) is 9.82 Å². The van der Waals surface area contributed by atoms with E-state index in [4.69, 9.17) is 11.6 Å². The molecule has 0 saturated carbocycles. The van der Waals surface area contributed by atoms with Crippen molar-refractivity contribution in [2.24, 2.45) is 5.90 Å². The molecule has 2 rings (SSSR count). The van der Waals surface area contributed by atoms with Gasteiger partial charge in [0.1, 0.15) is 5.82 Å². The van der Waals surface area contributed by atoms with E-state index in [0.29, 0.717) is 12.4 Å². The molecule has 0 spiro atoms. The fraction of sp³-hybridized carbons (Fsp3) is 0.111. The molecule has 4 N–H and O–H groups in total. The molecule has 0 bridgehead atoms. The molecule has 1 heterocycles. The van der Waals surface area contributed by atoms with E-state index in [-0.39, 0.29) is 0 Å². The van der Waals surface area contributed by atoms with Gasteiger partial charge in [-0.05, 0) is 17.7 Å². The van der Waals surface area contributed by atoms with Crippen molar-refractivity contribution in [2.75, 3.05) is 5.73 Å². The summed E-state index contributed by atoms with van der Waals surface area (Å²) in [6.07, 6.45) is 1.52. The van der Waals surface area contributed by atoms with Crippen LogP contribution in [0.15, 0.2) is 24.4 Å². The minimum atomic E-state index is 0.363. The van der Waals surface area contributed by atoms with Crippen molar-refractivity contribution in [3.05, 3.63) is 30.0 Å². The average Bonchev–Trinajstić information content (AvgIpc) is 2.19. The van der Waals surface area contributed by atoms with E-state index in [1.165, 1.54) is 6.20 Å². The van der Waals surface area contributed by atoms with E-state index in [1.54, 1.807) is 0 Å². The molecule has 5 heteroatoms. The first-order valence-corrected chi connectivity index (χ1v) is 4.12. The maximum absolute atomic E-state index is 5.50. The van der Waals surface area contributed by atoms with E-state index < -0.39 is 0 Å². The summed E-state index contributed by atoms with van der Waals surface area (Å²) in [5, 5.41) is 0. The Bertz CT molecular complexity index is 458. The number of fused-ring (bicyclic) bond motifs is 1. The first kappa shape index (κ1) is 8.86. The molecule has 5 nitrogen and oxygen atoms in total. The number of nitrogens with two attached hydrogens (primary N) is 2. The van der Waals surface area contributed by atoms with Crippen molar-refractivity contribution < 1.29 is 4.84 Å². The predicted octanol–water partition coefficient (Wildman–Crippen LogP) is 0.602. The van der Waals surface area contributed by atoms with Crippen LogP contribution in [0.1, 0.15) is 5.56 Å². The Hall–Kier alpha value is -1.72. The number of rotatable bonds is 2. The zero-order chi connectivity index (χ0) is 9.97. The highest BCUT2D eigenvalue weighted by Crippen LogP contribution is 2.13. The number of nitrogen functional groups attached to an aromatic ring is 1. The van der Waals surface area contributed by atoms with Crippen LogP contribution < -0.4 is 11.6 Å². The van der Waals surface area contributed by atoms with E-state index in [0.717, 1.165) is 16.6 Å². The molecule has 0 atom stereocenters. The van der Waals surface area contributed by atoms with Crippen LogP contribution in [0.5, 0.6) is 0 Å². The average molecular weight is 190 g/mol. The second-order valence-corrected chi connectivity index (χ2v) is 2.93. The summed E-state index contributed by atoms with van der Waals surface area (Å²) in [6, 6.07) is 5.59. The highest BCUT2D eigenvalue weighted by Gasteiger charge is 1.99. The Kier molecular flexibility index (Phi) is 2.26. The highest BCUT2D eigenvalue weighted by atomic mass is 16.6. The number of hydrogen-bond donors (Lipinski definition) is 2. The lowest BCUT2D eigenvalue weighted by Gasteiger charge is -2.01. The van der Waals surface area contributed by atoms with E-state index in [9.17, 15) is 0 Å². The molecule has 2 aromatic rings. The number of aromatic nitrogens is 2. The fourth-order valence-corrected chi connectivity index (χ4v) is 1.26. The minimum Gasteiger partial charge on any atom is -0.382 e. The SMILES string of the molecule is NOCc1ccc2nc(N)cnc2c1. The van der Waals surface area contributed by atoms with Gasteiger partial charge in [0.15, 0.2) is 0 Å². The summed E-state index contributed by atoms with van der Waals surface area (Å²) in [6.45, 7) is 0.363. The molecule has 0 aliphatic carbocycles. The van der Waals surface area contributed by atoms with Crippen molar-refractivity contribution in [3.8, 4) is 0 Å². The van der Waals surface area contributed by atoms with E-state index >= 15 is 0 Å². The van der Waals surface area contributed by atoms with Crippen molar-refractivity contribution in [1.29, 1.82) is 0 Å². The molecule has 1 aromatic carbocycles. The van der Waals surface area contributed by atoms with Crippen LogP contribution in [0.2, 0.25) is 0 Å². The number of nitrogens with zero attached hydrogens (tertiary/aromatic N) is 2. The predicted molar refractivity (Wildman–Crippen MR) is 52.9 cm³/mol. The lowest BCUT2D eigenvalue weighted by molar-refractivity contribution is 0.124. The Morgan fingerprint density at radius 2 is 2.14 bits per heavy atom. The van der Waals surface area contributed by atoms with Crippen molar-refractivity contribution in [3.63, 3.8) is 0 Å². The van der Waals surface area contributed by atoms with Crippen LogP contribution in [0, 0.1) is 0 Å². The van der Waals surface area contributed by atoms with E-state index in [1.807, 2.05) is 18.2 Å². The van der Waals surface area contributed by atoms with Crippen molar-refractivity contribution in [1.82, 2.24) is 9.97 Å². The monoisotopic (exact) mass is 190 g/mol. The van der Waals surface area contributed by atoms with Crippen LogP contribution in [0.25, 0.3) is 11.0 Å². The fourth-order valence-electron chi connectivity index (χ4n) is 1.26. The van der Waals surface area contributed by atoms with Gasteiger partial charge in [0, 0.05) is 0 Å². The van der Waals surface area contributed by atoms with Gasteiger partial charge in [-0.15, -0.1) is 0 Å². The second-order valence-electron chi connectivity index (χ2n) is 2.93. The van der Waals surface area contributed by atoms with E-state index in [2.05, 4.69) is 14.8 Å². The van der Waals surface area contributed by atoms with Gasteiger partial charge < -0.3 is 5.73 Å². The quantitative estimate of drug-likeness (QED) is 0.677. The molecule has 0 radical (unpaired) electrons. The van der Waals surface area contributed by atoms with Gasteiger partial charge in [-0.1, -0.05) is 6.07 Å². The molecule has 1 aromatic heterocycles. The molecule has 0 amide bonds. The Balaban J connectivity index is 2.50. The molecule has 0 aliphatic heterocycles. The summed E-state index contributed by atoms with van der Waals surface area (Å²) in [5.74, 6) is 5.39. The highest BCUT2D eigenvalue weighted by molar-refractivity contribution is 5.75. The largest absolute Gasteiger partial charge is 0.382 e. The normalized spacial score (nSPS) is 10.6. The van der Waals surface area contributed by atoms with Gasteiger partial charge >= 0.3 is 0 Å². The van der Waals surface area contributed by atoms with Crippen molar-refractivity contribution >= 4 is 16.9 Å². The maximum atomic E-state index is 5.50. The number of benzene rings is 1. The Labute approximate surface area is 80.7 Å². The lowest BCUT2D eigenvalue weighted by atomic mass is 10.2. The third-order valence-corrected chi connectivity index (χ3v) is 1.88. The Morgan fingerprint density at radius 1 is 1.29 bits per heavy atom. The van der Waals surface area contributed by atoms with Crippen molar-refractivity contribution in [2.45, 2.75) is 6.61 Å². The van der Waals surface area contributed by atoms with Gasteiger partial charge in [0.2, 0.25) is 0 Å².